The minimum Gasteiger partial charge on any atom is -0.361 e. The van der Waals surface area contributed by atoms with Gasteiger partial charge in [0.2, 0.25) is 0 Å². The van der Waals surface area contributed by atoms with Crippen LogP contribution in [0.3, 0.4) is 0 Å². The van der Waals surface area contributed by atoms with Crippen LogP contribution < -0.4 is 15.1 Å². The Morgan fingerprint density at radius 1 is 1.14 bits per heavy atom. The molecule has 1 aliphatic heterocycles. The summed E-state index contributed by atoms with van der Waals surface area (Å²) in [6, 6.07) is 16.1. The summed E-state index contributed by atoms with van der Waals surface area (Å²) >= 11 is 0. The Morgan fingerprint density at radius 2 is 1.89 bits per heavy atom. The van der Waals surface area contributed by atoms with E-state index < -0.39 is 0 Å². The van der Waals surface area contributed by atoms with Crippen LogP contribution in [-0.4, -0.2) is 43.3 Å². The van der Waals surface area contributed by atoms with E-state index in [1.54, 1.807) is 0 Å². The summed E-state index contributed by atoms with van der Waals surface area (Å²) in [5, 5.41) is 9.46. The number of nitrogens with one attached hydrogen (secondary N) is 3. The molecule has 0 radical (unpaired) electrons. The number of fused-ring (bicyclic) bond motifs is 1. The van der Waals surface area contributed by atoms with Crippen molar-refractivity contribution in [2.24, 2.45) is 0 Å². The lowest BCUT2D eigenvalue weighted by molar-refractivity contribution is -1.02. The van der Waals surface area contributed by atoms with Crippen molar-refractivity contribution >= 4 is 22.4 Å². The molecule has 28 heavy (non-hydrogen) atoms. The fourth-order valence-corrected chi connectivity index (χ4v) is 4.05. The number of rotatable bonds is 5. The van der Waals surface area contributed by atoms with Gasteiger partial charge in [0, 0.05) is 17.1 Å². The lowest BCUT2D eigenvalue weighted by atomic mass is 10.1. The number of aryl methyl sites for hydroxylation is 1. The number of hydrogen-bond acceptors (Lipinski definition) is 3. The molecule has 1 atom stereocenters. The van der Waals surface area contributed by atoms with Gasteiger partial charge in [-0.2, -0.15) is 0 Å². The smallest absolute Gasteiger partial charge is 0.282 e. The lowest BCUT2D eigenvalue weighted by Crippen LogP contribution is -3.29. The summed E-state index contributed by atoms with van der Waals surface area (Å²) < 4.78 is 5.16. The number of piperazine rings is 1. The van der Waals surface area contributed by atoms with Gasteiger partial charge in [-0.15, -0.1) is 0 Å². The minimum atomic E-state index is -0.0742. The largest absolute Gasteiger partial charge is 0.361 e. The Bertz CT molecular complexity index is 955. The van der Waals surface area contributed by atoms with Crippen LogP contribution in [0.4, 0.5) is 5.69 Å². The summed E-state index contributed by atoms with van der Waals surface area (Å²) in [4.78, 5) is 15.7. The summed E-state index contributed by atoms with van der Waals surface area (Å²) in [5.41, 5.74) is 1.90. The maximum Gasteiger partial charge on any atom is 0.282 e. The highest BCUT2D eigenvalue weighted by Gasteiger charge is 2.31. The van der Waals surface area contributed by atoms with Gasteiger partial charge < -0.3 is 19.6 Å². The molecule has 0 bridgehead atoms. The highest BCUT2D eigenvalue weighted by Crippen LogP contribution is 2.22. The van der Waals surface area contributed by atoms with Crippen LogP contribution in [-0.2, 0) is 11.3 Å². The number of quaternary nitrogens is 2. The Morgan fingerprint density at radius 3 is 2.64 bits per heavy atom. The monoisotopic (exact) mass is 380 g/mol. The van der Waals surface area contributed by atoms with Crippen LogP contribution in [0.15, 0.2) is 53.1 Å². The minimum absolute atomic E-state index is 0.0742. The normalized spacial score (nSPS) is 20.8. The molecule has 6 nitrogen and oxygen atoms in total. The number of amides is 1. The molecule has 3 N–H and O–H groups in total. The van der Waals surface area contributed by atoms with Crippen molar-refractivity contribution in [2.45, 2.75) is 26.4 Å². The predicted octanol–water partition coefficient (Wildman–Crippen LogP) is 0.447. The first kappa shape index (κ1) is 18.7. The zero-order valence-electron chi connectivity index (χ0n) is 16.5. The molecule has 1 amide bonds. The van der Waals surface area contributed by atoms with E-state index in [2.05, 4.69) is 28.7 Å². The maximum absolute atomic E-state index is 12.9. The number of nitrogens with zero attached hydrogens (tertiary/aromatic N) is 1. The number of anilines is 1. The van der Waals surface area contributed by atoms with Crippen molar-refractivity contribution in [3.8, 4) is 0 Å². The SMILES string of the molecule is Cc1cc(C[NH+]2CC[NH+]([C@H](C)C(=O)Nc3cccc4ccccc34)CC2)no1. The molecule has 1 fully saturated rings. The van der Waals surface area contributed by atoms with Crippen molar-refractivity contribution in [3.05, 3.63) is 60.0 Å². The van der Waals surface area contributed by atoms with E-state index in [1.807, 2.05) is 44.2 Å². The third-order valence-electron chi connectivity index (χ3n) is 5.76. The molecule has 0 saturated carbocycles. The second-order valence-corrected chi connectivity index (χ2v) is 7.75. The third-order valence-corrected chi connectivity index (χ3v) is 5.76. The number of carbonyl (C=O) groups excluding carboxylic acids is 1. The topological polar surface area (TPSA) is 64.0 Å². The standard InChI is InChI=1S/C22H26N4O2/c1-16-14-19(24-28-16)15-25-10-12-26(13-11-25)17(2)22(27)23-21-9-5-7-18-6-3-4-8-20(18)21/h3-9,14,17H,10-13,15H2,1-2H3,(H,23,27)/p+2/t17-/m1/s1. The highest BCUT2D eigenvalue weighted by molar-refractivity contribution is 6.03. The Labute approximate surface area is 165 Å². The number of benzene rings is 2. The van der Waals surface area contributed by atoms with Crippen molar-refractivity contribution in [2.75, 3.05) is 31.5 Å². The highest BCUT2D eigenvalue weighted by atomic mass is 16.5. The maximum atomic E-state index is 12.9. The van der Waals surface area contributed by atoms with Gasteiger partial charge >= 0.3 is 0 Å². The Balaban J connectivity index is 1.34. The van der Waals surface area contributed by atoms with E-state index >= 15 is 0 Å². The lowest BCUT2D eigenvalue weighted by Gasteiger charge is -2.32. The third kappa shape index (κ3) is 4.08. The first-order valence-corrected chi connectivity index (χ1v) is 9.99. The molecule has 3 aromatic rings. The number of aromatic nitrogens is 1. The van der Waals surface area contributed by atoms with Gasteiger partial charge in [-0.05, 0) is 25.3 Å². The van der Waals surface area contributed by atoms with E-state index in [0.717, 1.165) is 60.6 Å². The molecular weight excluding hydrogens is 352 g/mol. The average Bonchev–Trinajstić information content (AvgIpc) is 3.13. The van der Waals surface area contributed by atoms with Crippen molar-refractivity contribution in [1.82, 2.24) is 5.16 Å². The van der Waals surface area contributed by atoms with Crippen LogP contribution in [0.1, 0.15) is 18.4 Å². The zero-order chi connectivity index (χ0) is 19.5. The first-order valence-electron chi connectivity index (χ1n) is 9.99. The molecule has 1 aliphatic rings. The molecule has 6 heteroatoms. The molecule has 2 heterocycles. The van der Waals surface area contributed by atoms with Gasteiger partial charge in [-0.1, -0.05) is 41.6 Å². The van der Waals surface area contributed by atoms with Gasteiger partial charge in [-0.25, -0.2) is 0 Å². The molecule has 1 saturated heterocycles. The summed E-state index contributed by atoms with van der Waals surface area (Å²) in [6.45, 7) is 8.87. The predicted molar refractivity (Wildman–Crippen MR) is 108 cm³/mol. The van der Waals surface area contributed by atoms with Crippen LogP contribution >= 0.6 is 0 Å². The molecule has 4 rings (SSSR count). The summed E-state index contributed by atoms with van der Waals surface area (Å²) in [6.07, 6.45) is 0. The van der Waals surface area contributed by atoms with Crippen LogP contribution in [0.25, 0.3) is 10.8 Å². The molecular formula is C22H28N4O2+2. The molecule has 1 aromatic heterocycles. The first-order chi connectivity index (χ1) is 13.6. The Hall–Kier alpha value is -2.70. The molecule has 2 aromatic carbocycles. The molecule has 0 spiro atoms. The number of hydrogen-bond donors (Lipinski definition) is 3. The van der Waals surface area contributed by atoms with Crippen LogP contribution in [0.2, 0.25) is 0 Å². The van der Waals surface area contributed by atoms with Gasteiger partial charge in [0.05, 0.1) is 0 Å². The van der Waals surface area contributed by atoms with E-state index in [9.17, 15) is 4.79 Å². The van der Waals surface area contributed by atoms with E-state index in [0.29, 0.717) is 0 Å². The van der Waals surface area contributed by atoms with E-state index in [-0.39, 0.29) is 11.9 Å². The number of carbonyl (C=O) groups is 1. The zero-order valence-corrected chi connectivity index (χ0v) is 16.5. The molecule has 0 unspecified atom stereocenters. The summed E-state index contributed by atoms with van der Waals surface area (Å²) in [5.74, 6) is 0.944. The Kier molecular flexibility index (Phi) is 5.41. The van der Waals surface area contributed by atoms with Gasteiger partial charge in [-0.3, -0.25) is 4.79 Å². The molecule has 146 valence electrons. The average molecular weight is 380 g/mol. The van der Waals surface area contributed by atoms with E-state index in [4.69, 9.17) is 4.52 Å². The van der Waals surface area contributed by atoms with Crippen molar-refractivity contribution < 1.29 is 19.1 Å². The van der Waals surface area contributed by atoms with Gasteiger partial charge in [0.1, 0.15) is 44.2 Å². The van der Waals surface area contributed by atoms with Crippen LogP contribution in [0.5, 0.6) is 0 Å². The van der Waals surface area contributed by atoms with Crippen molar-refractivity contribution in [3.63, 3.8) is 0 Å². The van der Waals surface area contributed by atoms with Gasteiger partial charge in [0.15, 0.2) is 6.04 Å². The second kappa shape index (κ2) is 8.12. The van der Waals surface area contributed by atoms with Gasteiger partial charge in [0.25, 0.3) is 5.91 Å². The van der Waals surface area contributed by atoms with Crippen LogP contribution in [0, 0.1) is 6.92 Å². The summed E-state index contributed by atoms with van der Waals surface area (Å²) in [7, 11) is 0. The fourth-order valence-electron chi connectivity index (χ4n) is 4.05. The molecule has 0 aliphatic carbocycles. The second-order valence-electron chi connectivity index (χ2n) is 7.75. The van der Waals surface area contributed by atoms with E-state index in [1.165, 1.54) is 9.80 Å². The fraction of sp³-hybridized carbons (Fsp3) is 0.364. The quantitative estimate of drug-likeness (QED) is 0.602. The van der Waals surface area contributed by atoms with Crippen molar-refractivity contribution in [1.29, 1.82) is 0 Å².